The Morgan fingerprint density at radius 2 is 1.96 bits per heavy atom. The number of anilines is 1. The van der Waals surface area contributed by atoms with Crippen LogP contribution in [0, 0.1) is 5.82 Å². The molecule has 26 heavy (non-hydrogen) atoms. The number of aryl methyl sites for hydroxylation is 1. The van der Waals surface area contributed by atoms with Crippen molar-refractivity contribution in [2.24, 2.45) is 7.05 Å². The van der Waals surface area contributed by atoms with Crippen LogP contribution in [-0.2, 0) is 31.4 Å². The minimum absolute atomic E-state index is 0.0406. The third-order valence-electron chi connectivity index (χ3n) is 4.51. The molecule has 7 heteroatoms. The summed E-state index contributed by atoms with van der Waals surface area (Å²) in [6.07, 6.45) is 2.06. The largest absolute Gasteiger partial charge is 0.397 e. The number of carbonyl (C=O) groups is 1. The van der Waals surface area contributed by atoms with Gasteiger partial charge in [-0.1, -0.05) is 0 Å². The van der Waals surface area contributed by atoms with Gasteiger partial charge in [-0.2, -0.15) is 5.10 Å². The highest BCUT2D eigenvalue weighted by Crippen LogP contribution is 2.24. The summed E-state index contributed by atoms with van der Waals surface area (Å²) < 4.78 is 14.9. The summed E-state index contributed by atoms with van der Waals surface area (Å²) in [7, 11) is 1.87. The van der Waals surface area contributed by atoms with E-state index in [1.807, 2.05) is 13.2 Å². The molecule has 1 aromatic carbocycles. The zero-order valence-electron chi connectivity index (χ0n) is 14.3. The van der Waals surface area contributed by atoms with Crippen LogP contribution >= 0.6 is 0 Å². The summed E-state index contributed by atoms with van der Waals surface area (Å²) >= 11 is 0. The van der Waals surface area contributed by atoms with Gasteiger partial charge in [0.15, 0.2) is 0 Å². The topological polar surface area (TPSA) is 77.0 Å². The molecule has 3 heterocycles. The van der Waals surface area contributed by atoms with Crippen LogP contribution in [0.1, 0.15) is 17.0 Å². The maximum absolute atomic E-state index is 13.1. The Morgan fingerprint density at radius 1 is 1.19 bits per heavy atom. The molecule has 0 fully saturated rings. The van der Waals surface area contributed by atoms with Crippen molar-refractivity contribution in [3.05, 3.63) is 65.4 Å². The Balaban J connectivity index is 1.52. The number of pyridine rings is 1. The highest BCUT2D eigenvalue weighted by atomic mass is 19.1. The van der Waals surface area contributed by atoms with E-state index in [2.05, 4.69) is 10.1 Å². The van der Waals surface area contributed by atoms with Crippen LogP contribution in [0.4, 0.5) is 10.1 Å². The fraction of sp³-hybridized carbons (Fsp3) is 0.211. The first-order valence-electron chi connectivity index (χ1n) is 8.30. The molecular weight excluding hydrogens is 333 g/mol. The SMILES string of the molecule is Cn1cc2c(n1)CN(C(=O)Cc1nc(-c3ccc(F)cc3)ccc1N)C2. The average molecular weight is 351 g/mol. The molecule has 0 bridgehead atoms. The number of nitrogen functional groups attached to an aromatic ring is 1. The lowest BCUT2D eigenvalue weighted by atomic mass is 10.1. The van der Waals surface area contributed by atoms with Crippen molar-refractivity contribution < 1.29 is 9.18 Å². The third-order valence-corrected chi connectivity index (χ3v) is 4.51. The highest BCUT2D eigenvalue weighted by Gasteiger charge is 2.26. The monoisotopic (exact) mass is 351 g/mol. The van der Waals surface area contributed by atoms with Crippen molar-refractivity contribution in [1.29, 1.82) is 0 Å². The Kier molecular flexibility index (Phi) is 3.91. The Morgan fingerprint density at radius 3 is 2.69 bits per heavy atom. The van der Waals surface area contributed by atoms with Gasteiger partial charge in [-0.3, -0.25) is 14.5 Å². The zero-order valence-corrected chi connectivity index (χ0v) is 14.3. The van der Waals surface area contributed by atoms with E-state index in [9.17, 15) is 9.18 Å². The summed E-state index contributed by atoms with van der Waals surface area (Å²) in [6.45, 7) is 1.06. The first-order chi connectivity index (χ1) is 12.5. The molecule has 0 saturated carbocycles. The van der Waals surface area contributed by atoms with E-state index in [1.54, 1.807) is 33.8 Å². The van der Waals surface area contributed by atoms with Gasteiger partial charge < -0.3 is 10.6 Å². The molecule has 2 aromatic heterocycles. The molecule has 2 N–H and O–H groups in total. The first kappa shape index (κ1) is 16.3. The second kappa shape index (κ2) is 6.25. The molecule has 0 spiro atoms. The van der Waals surface area contributed by atoms with Crippen LogP contribution in [0.3, 0.4) is 0 Å². The van der Waals surface area contributed by atoms with E-state index in [1.165, 1.54) is 12.1 Å². The number of nitrogens with two attached hydrogens (primary N) is 1. The summed E-state index contributed by atoms with van der Waals surface area (Å²) in [5.41, 5.74) is 10.5. The van der Waals surface area contributed by atoms with Crippen molar-refractivity contribution in [2.45, 2.75) is 19.5 Å². The normalized spacial score (nSPS) is 13.1. The summed E-state index contributed by atoms with van der Waals surface area (Å²) in [4.78, 5) is 18.9. The third kappa shape index (κ3) is 3.03. The number of halogens is 1. The van der Waals surface area contributed by atoms with Gasteiger partial charge in [0.1, 0.15) is 5.82 Å². The van der Waals surface area contributed by atoms with E-state index in [4.69, 9.17) is 5.73 Å². The van der Waals surface area contributed by atoms with Crippen LogP contribution in [0.25, 0.3) is 11.3 Å². The maximum Gasteiger partial charge on any atom is 0.229 e. The van der Waals surface area contributed by atoms with Gasteiger partial charge >= 0.3 is 0 Å². The number of amides is 1. The first-order valence-corrected chi connectivity index (χ1v) is 8.30. The number of nitrogens with zero attached hydrogens (tertiary/aromatic N) is 4. The van der Waals surface area contributed by atoms with Gasteiger partial charge in [-0.15, -0.1) is 0 Å². The second-order valence-corrected chi connectivity index (χ2v) is 6.44. The lowest BCUT2D eigenvalue weighted by Gasteiger charge is -2.16. The molecule has 0 atom stereocenters. The number of benzene rings is 1. The predicted molar refractivity (Wildman–Crippen MR) is 95.2 cm³/mol. The zero-order chi connectivity index (χ0) is 18.3. The molecule has 0 saturated heterocycles. The van der Waals surface area contributed by atoms with Crippen LogP contribution < -0.4 is 5.73 Å². The lowest BCUT2D eigenvalue weighted by molar-refractivity contribution is -0.131. The van der Waals surface area contributed by atoms with E-state index in [-0.39, 0.29) is 18.1 Å². The maximum atomic E-state index is 13.1. The molecule has 6 nitrogen and oxygen atoms in total. The lowest BCUT2D eigenvalue weighted by Crippen LogP contribution is -2.28. The molecular formula is C19H18FN5O. The van der Waals surface area contributed by atoms with Crippen molar-refractivity contribution >= 4 is 11.6 Å². The molecule has 0 unspecified atom stereocenters. The van der Waals surface area contributed by atoms with Gasteiger partial charge in [0.25, 0.3) is 0 Å². The Hall–Kier alpha value is -3.22. The smallest absolute Gasteiger partial charge is 0.229 e. The average Bonchev–Trinajstić information content (AvgIpc) is 3.15. The number of aromatic nitrogens is 3. The summed E-state index contributed by atoms with van der Waals surface area (Å²) in [6, 6.07) is 9.57. The number of hydrogen-bond acceptors (Lipinski definition) is 4. The van der Waals surface area contributed by atoms with Crippen LogP contribution in [0.2, 0.25) is 0 Å². The fourth-order valence-electron chi connectivity index (χ4n) is 3.16. The number of hydrogen-bond donors (Lipinski definition) is 1. The molecule has 4 rings (SSSR count). The molecule has 1 amide bonds. The van der Waals surface area contributed by atoms with E-state index in [0.717, 1.165) is 16.8 Å². The van der Waals surface area contributed by atoms with Gasteiger partial charge in [0, 0.05) is 30.9 Å². The highest BCUT2D eigenvalue weighted by molar-refractivity contribution is 5.80. The Labute approximate surface area is 150 Å². The van der Waals surface area contributed by atoms with E-state index >= 15 is 0 Å². The minimum atomic E-state index is -0.304. The van der Waals surface area contributed by atoms with E-state index in [0.29, 0.717) is 30.2 Å². The van der Waals surface area contributed by atoms with Crippen molar-refractivity contribution in [3.63, 3.8) is 0 Å². The number of rotatable bonds is 3. The summed E-state index contributed by atoms with van der Waals surface area (Å²) in [5, 5.41) is 4.36. The summed E-state index contributed by atoms with van der Waals surface area (Å²) in [5.74, 6) is -0.344. The quantitative estimate of drug-likeness (QED) is 0.785. The molecule has 3 aromatic rings. The van der Waals surface area contributed by atoms with Crippen LogP contribution in [-0.4, -0.2) is 25.6 Å². The number of carbonyl (C=O) groups excluding carboxylic acids is 1. The molecule has 1 aliphatic rings. The van der Waals surface area contributed by atoms with Crippen molar-refractivity contribution in [3.8, 4) is 11.3 Å². The van der Waals surface area contributed by atoms with Gasteiger partial charge in [0.2, 0.25) is 5.91 Å². The molecule has 1 aliphatic heterocycles. The minimum Gasteiger partial charge on any atom is -0.397 e. The van der Waals surface area contributed by atoms with Crippen molar-refractivity contribution in [1.82, 2.24) is 19.7 Å². The Bertz CT molecular complexity index is 957. The van der Waals surface area contributed by atoms with Gasteiger partial charge in [-0.25, -0.2) is 4.39 Å². The van der Waals surface area contributed by atoms with Crippen molar-refractivity contribution in [2.75, 3.05) is 5.73 Å². The van der Waals surface area contributed by atoms with Gasteiger partial charge in [0.05, 0.1) is 35.7 Å². The fourth-order valence-corrected chi connectivity index (χ4v) is 3.16. The van der Waals surface area contributed by atoms with Crippen LogP contribution in [0.15, 0.2) is 42.6 Å². The molecule has 132 valence electrons. The van der Waals surface area contributed by atoms with Crippen LogP contribution in [0.5, 0.6) is 0 Å². The number of fused-ring (bicyclic) bond motifs is 1. The standard InChI is InChI=1S/C19H18FN5O/c1-24-9-13-10-25(11-18(13)23-24)19(26)8-17-15(21)6-7-16(22-17)12-2-4-14(20)5-3-12/h2-7,9H,8,10-11,21H2,1H3. The molecule has 0 aliphatic carbocycles. The predicted octanol–water partition coefficient (Wildman–Crippen LogP) is 2.29. The second-order valence-electron chi connectivity index (χ2n) is 6.44. The van der Waals surface area contributed by atoms with Gasteiger partial charge in [-0.05, 0) is 36.4 Å². The molecule has 0 radical (unpaired) electrons. The van der Waals surface area contributed by atoms with E-state index < -0.39 is 0 Å².